The molecule has 0 aromatic carbocycles. The molecule has 2 unspecified atom stereocenters. The van der Waals surface area contributed by atoms with Crippen LogP contribution < -0.4 is 5.32 Å². The van der Waals surface area contributed by atoms with Gasteiger partial charge in [-0.2, -0.15) is 17.0 Å². The van der Waals surface area contributed by atoms with Crippen LogP contribution in [-0.2, 0) is 4.79 Å². The van der Waals surface area contributed by atoms with Crippen molar-refractivity contribution in [1.82, 2.24) is 5.32 Å². The second-order valence-electron chi connectivity index (χ2n) is 4.89. The van der Waals surface area contributed by atoms with Gasteiger partial charge in [0.1, 0.15) is 5.41 Å². The lowest BCUT2D eigenvalue weighted by Crippen LogP contribution is -2.47. The molecule has 0 aromatic rings. The summed E-state index contributed by atoms with van der Waals surface area (Å²) in [6.45, 7) is 0. The minimum absolute atomic E-state index is 0.0204. The standard InChI is InChI=1S/C12H18N2OS/c1-16-10-4-3-9(7-10)14-11(15)12(8-13)5-2-6-12/h9-10H,2-7H2,1H3,(H,14,15). The fraction of sp³-hybridized carbons (Fsp3) is 0.833. The summed E-state index contributed by atoms with van der Waals surface area (Å²) in [6.07, 6.45) is 7.94. The van der Waals surface area contributed by atoms with Crippen LogP contribution in [0.5, 0.6) is 0 Å². The molecule has 0 radical (unpaired) electrons. The van der Waals surface area contributed by atoms with E-state index in [4.69, 9.17) is 5.26 Å². The zero-order valence-corrected chi connectivity index (χ0v) is 10.5. The number of nitrogens with zero attached hydrogens (tertiary/aromatic N) is 1. The van der Waals surface area contributed by atoms with E-state index >= 15 is 0 Å². The van der Waals surface area contributed by atoms with Gasteiger partial charge in [-0.1, -0.05) is 0 Å². The Labute approximate surface area is 101 Å². The number of carbonyl (C=O) groups excluding carboxylic acids is 1. The summed E-state index contributed by atoms with van der Waals surface area (Å²) in [5, 5.41) is 12.8. The Morgan fingerprint density at radius 1 is 1.50 bits per heavy atom. The predicted molar refractivity (Wildman–Crippen MR) is 65.0 cm³/mol. The fourth-order valence-corrected chi connectivity index (χ4v) is 3.33. The molecule has 16 heavy (non-hydrogen) atoms. The maximum atomic E-state index is 12.0. The van der Waals surface area contributed by atoms with Crippen LogP contribution in [-0.4, -0.2) is 23.5 Å². The Hall–Kier alpha value is -0.690. The Morgan fingerprint density at radius 2 is 2.25 bits per heavy atom. The molecule has 0 aliphatic heterocycles. The molecular formula is C12H18N2OS. The van der Waals surface area contributed by atoms with Crippen molar-refractivity contribution < 1.29 is 4.79 Å². The highest BCUT2D eigenvalue weighted by Gasteiger charge is 2.45. The monoisotopic (exact) mass is 238 g/mol. The maximum absolute atomic E-state index is 12.0. The largest absolute Gasteiger partial charge is 0.352 e. The highest BCUT2D eigenvalue weighted by molar-refractivity contribution is 7.99. The first-order valence-electron chi connectivity index (χ1n) is 5.95. The van der Waals surface area contributed by atoms with E-state index in [9.17, 15) is 4.79 Å². The molecule has 0 spiro atoms. The molecule has 2 aliphatic rings. The van der Waals surface area contributed by atoms with Crippen molar-refractivity contribution in [2.75, 3.05) is 6.26 Å². The van der Waals surface area contributed by atoms with Crippen molar-refractivity contribution in [3.05, 3.63) is 0 Å². The van der Waals surface area contributed by atoms with Gasteiger partial charge in [0.2, 0.25) is 5.91 Å². The molecule has 2 atom stereocenters. The summed E-state index contributed by atoms with van der Waals surface area (Å²) < 4.78 is 0. The van der Waals surface area contributed by atoms with E-state index in [0.29, 0.717) is 11.3 Å². The van der Waals surface area contributed by atoms with Crippen molar-refractivity contribution >= 4 is 17.7 Å². The van der Waals surface area contributed by atoms with E-state index in [1.807, 2.05) is 11.8 Å². The number of nitrogens with one attached hydrogen (secondary N) is 1. The summed E-state index contributed by atoms with van der Waals surface area (Å²) in [5.74, 6) is -0.0204. The van der Waals surface area contributed by atoms with Gasteiger partial charge in [0.05, 0.1) is 6.07 Å². The van der Waals surface area contributed by atoms with E-state index in [0.717, 1.165) is 32.1 Å². The number of nitriles is 1. The number of hydrogen-bond donors (Lipinski definition) is 1. The zero-order valence-electron chi connectivity index (χ0n) is 9.66. The van der Waals surface area contributed by atoms with Crippen LogP contribution in [0.1, 0.15) is 38.5 Å². The molecule has 2 saturated carbocycles. The third kappa shape index (κ3) is 2.06. The minimum atomic E-state index is -0.683. The van der Waals surface area contributed by atoms with Crippen molar-refractivity contribution in [3.8, 4) is 6.07 Å². The van der Waals surface area contributed by atoms with Crippen LogP contribution >= 0.6 is 11.8 Å². The number of rotatable bonds is 3. The molecule has 2 fully saturated rings. The number of hydrogen-bond acceptors (Lipinski definition) is 3. The van der Waals surface area contributed by atoms with Crippen LogP contribution in [0.3, 0.4) is 0 Å². The normalized spacial score (nSPS) is 31.5. The first-order valence-corrected chi connectivity index (χ1v) is 7.24. The Bertz CT molecular complexity index is 319. The molecule has 0 saturated heterocycles. The highest BCUT2D eigenvalue weighted by atomic mass is 32.2. The number of thioether (sulfide) groups is 1. The van der Waals surface area contributed by atoms with Crippen molar-refractivity contribution in [2.45, 2.75) is 49.8 Å². The fourth-order valence-electron chi connectivity index (χ4n) is 2.53. The molecule has 88 valence electrons. The van der Waals surface area contributed by atoms with E-state index < -0.39 is 5.41 Å². The number of amides is 1. The molecule has 0 heterocycles. The quantitative estimate of drug-likeness (QED) is 0.819. The van der Waals surface area contributed by atoms with Gasteiger partial charge in [-0.3, -0.25) is 4.79 Å². The lowest BCUT2D eigenvalue weighted by Gasteiger charge is -2.34. The highest BCUT2D eigenvalue weighted by Crippen LogP contribution is 2.41. The van der Waals surface area contributed by atoms with E-state index in [-0.39, 0.29) is 5.91 Å². The van der Waals surface area contributed by atoms with Gasteiger partial charge in [-0.25, -0.2) is 0 Å². The topological polar surface area (TPSA) is 52.9 Å². The van der Waals surface area contributed by atoms with E-state index in [1.54, 1.807) is 0 Å². The van der Waals surface area contributed by atoms with Gasteiger partial charge in [-0.15, -0.1) is 0 Å². The third-order valence-electron chi connectivity index (χ3n) is 3.91. The molecular weight excluding hydrogens is 220 g/mol. The molecule has 2 rings (SSSR count). The van der Waals surface area contributed by atoms with Crippen LogP contribution in [0.25, 0.3) is 0 Å². The smallest absolute Gasteiger partial charge is 0.240 e. The van der Waals surface area contributed by atoms with Gasteiger partial charge in [-0.05, 0) is 44.8 Å². The second-order valence-corrected chi connectivity index (χ2v) is 6.03. The molecule has 0 bridgehead atoms. The minimum Gasteiger partial charge on any atom is -0.352 e. The third-order valence-corrected chi connectivity index (χ3v) is 5.00. The Morgan fingerprint density at radius 3 is 2.69 bits per heavy atom. The lowest BCUT2D eigenvalue weighted by atomic mass is 9.69. The summed E-state index contributed by atoms with van der Waals surface area (Å²) in [7, 11) is 0. The summed E-state index contributed by atoms with van der Waals surface area (Å²) in [6, 6.07) is 2.50. The summed E-state index contributed by atoms with van der Waals surface area (Å²) in [5.41, 5.74) is -0.683. The maximum Gasteiger partial charge on any atom is 0.240 e. The molecule has 0 aromatic heterocycles. The first kappa shape index (κ1) is 11.8. The van der Waals surface area contributed by atoms with Crippen LogP contribution in [0.2, 0.25) is 0 Å². The van der Waals surface area contributed by atoms with Crippen molar-refractivity contribution in [1.29, 1.82) is 5.26 Å². The SMILES string of the molecule is CSC1CCC(NC(=O)C2(C#N)CCC2)C1. The molecule has 1 N–H and O–H groups in total. The first-order chi connectivity index (χ1) is 7.70. The Kier molecular flexibility index (Phi) is 3.44. The molecule has 4 heteroatoms. The van der Waals surface area contributed by atoms with Gasteiger partial charge >= 0.3 is 0 Å². The predicted octanol–water partition coefficient (Wildman–Crippen LogP) is 2.08. The van der Waals surface area contributed by atoms with Gasteiger partial charge in [0.25, 0.3) is 0 Å². The van der Waals surface area contributed by atoms with E-state index in [2.05, 4.69) is 17.6 Å². The molecule has 2 aliphatic carbocycles. The molecule has 1 amide bonds. The average Bonchev–Trinajstić information content (AvgIpc) is 2.64. The number of carbonyl (C=O) groups is 1. The van der Waals surface area contributed by atoms with Crippen molar-refractivity contribution in [2.24, 2.45) is 5.41 Å². The van der Waals surface area contributed by atoms with Gasteiger partial charge in [0, 0.05) is 11.3 Å². The van der Waals surface area contributed by atoms with Crippen LogP contribution in [0.15, 0.2) is 0 Å². The average molecular weight is 238 g/mol. The van der Waals surface area contributed by atoms with Crippen molar-refractivity contribution in [3.63, 3.8) is 0 Å². The summed E-state index contributed by atoms with van der Waals surface area (Å²) >= 11 is 1.88. The van der Waals surface area contributed by atoms with Gasteiger partial charge < -0.3 is 5.32 Å². The van der Waals surface area contributed by atoms with Crippen LogP contribution in [0, 0.1) is 16.7 Å². The zero-order chi connectivity index (χ0) is 11.6. The lowest BCUT2D eigenvalue weighted by molar-refractivity contribution is -0.132. The molecule has 3 nitrogen and oxygen atoms in total. The second kappa shape index (κ2) is 4.67. The Balaban J connectivity index is 1.86. The van der Waals surface area contributed by atoms with Gasteiger partial charge in [0.15, 0.2) is 0 Å². The summed E-state index contributed by atoms with van der Waals surface area (Å²) in [4.78, 5) is 12.0. The van der Waals surface area contributed by atoms with Crippen LogP contribution in [0.4, 0.5) is 0 Å². The van der Waals surface area contributed by atoms with E-state index in [1.165, 1.54) is 6.42 Å².